The molecule has 0 aliphatic rings. The summed E-state index contributed by atoms with van der Waals surface area (Å²) in [6, 6.07) is 19.0. The highest BCUT2D eigenvalue weighted by Gasteiger charge is 2.10. The average Bonchev–Trinajstić information content (AvgIpc) is 2.39. The summed E-state index contributed by atoms with van der Waals surface area (Å²) in [6.07, 6.45) is 1.06. The van der Waals surface area contributed by atoms with Crippen molar-refractivity contribution in [3.05, 3.63) is 71.3 Å². The van der Waals surface area contributed by atoms with Crippen molar-refractivity contribution in [1.29, 1.82) is 0 Å². The Hall–Kier alpha value is -1.60. The first kappa shape index (κ1) is 11.9. The molecule has 2 aromatic rings. The van der Waals surface area contributed by atoms with Gasteiger partial charge in [-0.3, -0.25) is 0 Å². The maximum Gasteiger partial charge on any atom is 0.0861 e. The van der Waals surface area contributed by atoms with Gasteiger partial charge in [-0.1, -0.05) is 60.2 Å². The fourth-order valence-electron chi connectivity index (χ4n) is 1.94. The van der Waals surface area contributed by atoms with Gasteiger partial charge in [-0.05, 0) is 18.1 Å². The van der Waals surface area contributed by atoms with Crippen molar-refractivity contribution in [3.8, 4) is 0 Å². The predicted molar refractivity (Wildman–Crippen MR) is 71.1 cm³/mol. The molecule has 88 valence electrons. The van der Waals surface area contributed by atoms with Crippen LogP contribution in [0.4, 0.5) is 0 Å². The molecule has 0 N–H and O–H groups in total. The number of hydrogen-bond acceptors (Lipinski definition) is 1. The van der Waals surface area contributed by atoms with E-state index in [9.17, 15) is 0 Å². The predicted octanol–water partition coefficient (Wildman–Crippen LogP) is 3.93. The smallest absolute Gasteiger partial charge is 0.0861 e. The molecule has 0 amide bonds. The molecule has 0 aliphatic heterocycles. The maximum absolute atomic E-state index is 5.57. The molecule has 17 heavy (non-hydrogen) atoms. The fourth-order valence-corrected chi connectivity index (χ4v) is 1.94. The second-order valence-electron chi connectivity index (χ2n) is 4.32. The lowest BCUT2D eigenvalue weighted by Gasteiger charge is -2.15. The minimum absolute atomic E-state index is 0.138. The van der Waals surface area contributed by atoms with Crippen LogP contribution in [0.25, 0.3) is 0 Å². The Labute approximate surface area is 103 Å². The molecule has 1 nitrogen and oxygen atoms in total. The normalized spacial score (nSPS) is 12.4. The molecule has 0 bridgehead atoms. The molecule has 0 radical (unpaired) electrons. The van der Waals surface area contributed by atoms with E-state index >= 15 is 0 Å². The van der Waals surface area contributed by atoms with Crippen LogP contribution in [0.3, 0.4) is 0 Å². The second kappa shape index (κ2) is 5.65. The Morgan fingerprint density at radius 1 is 0.941 bits per heavy atom. The quantitative estimate of drug-likeness (QED) is 0.767. The van der Waals surface area contributed by atoms with E-state index in [2.05, 4.69) is 55.5 Å². The SMILES string of the molecule is COC(Cc1ccc(C)cc1)c1ccccc1. The fraction of sp³-hybridized carbons (Fsp3) is 0.250. The highest BCUT2D eigenvalue weighted by atomic mass is 16.5. The summed E-state index contributed by atoms with van der Waals surface area (Å²) in [5.74, 6) is 0. The molecular weight excluding hydrogens is 208 g/mol. The molecule has 0 heterocycles. The zero-order valence-electron chi connectivity index (χ0n) is 10.4. The monoisotopic (exact) mass is 226 g/mol. The van der Waals surface area contributed by atoms with E-state index in [4.69, 9.17) is 4.74 Å². The third-order valence-electron chi connectivity index (χ3n) is 3.00. The molecule has 1 atom stereocenters. The number of benzene rings is 2. The van der Waals surface area contributed by atoms with Gasteiger partial charge in [0.25, 0.3) is 0 Å². The summed E-state index contributed by atoms with van der Waals surface area (Å²) < 4.78 is 5.57. The molecule has 1 heteroatoms. The van der Waals surface area contributed by atoms with E-state index in [1.807, 2.05) is 6.07 Å². The average molecular weight is 226 g/mol. The summed E-state index contributed by atoms with van der Waals surface area (Å²) in [4.78, 5) is 0. The summed E-state index contributed by atoms with van der Waals surface area (Å²) in [5.41, 5.74) is 3.84. The highest BCUT2D eigenvalue weighted by Crippen LogP contribution is 2.21. The van der Waals surface area contributed by atoms with Crippen LogP contribution in [0.15, 0.2) is 54.6 Å². The number of aryl methyl sites for hydroxylation is 1. The van der Waals surface area contributed by atoms with E-state index in [-0.39, 0.29) is 6.10 Å². The lowest BCUT2D eigenvalue weighted by atomic mass is 10.0. The molecule has 0 aliphatic carbocycles. The molecule has 0 aromatic heterocycles. The van der Waals surface area contributed by atoms with Crippen molar-refractivity contribution in [3.63, 3.8) is 0 Å². The molecule has 0 spiro atoms. The minimum atomic E-state index is 0.138. The van der Waals surface area contributed by atoms with Crippen LogP contribution >= 0.6 is 0 Å². The van der Waals surface area contributed by atoms with Gasteiger partial charge in [0.05, 0.1) is 6.10 Å². The third kappa shape index (κ3) is 3.18. The van der Waals surface area contributed by atoms with Crippen LogP contribution in [-0.4, -0.2) is 7.11 Å². The zero-order chi connectivity index (χ0) is 12.1. The summed E-state index contributed by atoms with van der Waals surface area (Å²) in [6.45, 7) is 2.11. The third-order valence-corrected chi connectivity index (χ3v) is 3.00. The lowest BCUT2D eigenvalue weighted by Crippen LogP contribution is -2.05. The zero-order valence-corrected chi connectivity index (χ0v) is 10.4. The first-order valence-electron chi connectivity index (χ1n) is 5.93. The molecule has 0 saturated heterocycles. The maximum atomic E-state index is 5.57. The minimum Gasteiger partial charge on any atom is -0.376 e. The van der Waals surface area contributed by atoms with Gasteiger partial charge >= 0.3 is 0 Å². The Morgan fingerprint density at radius 2 is 1.59 bits per heavy atom. The number of rotatable bonds is 4. The highest BCUT2D eigenvalue weighted by molar-refractivity contribution is 5.25. The Kier molecular flexibility index (Phi) is 3.94. The lowest BCUT2D eigenvalue weighted by molar-refractivity contribution is 0.104. The summed E-state index contributed by atoms with van der Waals surface area (Å²) in [5, 5.41) is 0. The van der Waals surface area contributed by atoms with E-state index in [0.717, 1.165) is 6.42 Å². The van der Waals surface area contributed by atoms with Crippen molar-refractivity contribution in [2.75, 3.05) is 7.11 Å². The molecular formula is C16H18O. The van der Waals surface area contributed by atoms with Gasteiger partial charge < -0.3 is 4.74 Å². The van der Waals surface area contributed by atoms with Crippen LogP contribution < -0.4 is 0 Å². The van der Waals surface area contributed by atoms with Crippen LogP contribution in [0, 0.1) is 6.92 Å². The number of methoxy groups -OCH3 is 1. The van der Waals surface area contributed by atoms with Gasteiger partial charge in [0.2, 0.25) is 0 Å². The molecule has 0 saturated carbocycles. The van der Waals surface area contributed by atoms with Gasteiger partial charge in [0.1, 0.15) is 0 Å². The Balaban J connectivity index is 2.13. The van der Waals surface area contributed by atoms with Crippen molar-refractivity contribution >= 4 is 0 Å². The van der Waals surface area contributed by atoms with Crippen LogP contribution in [0.1, 0.15) is 22.8 Å². The van der Waals surface area contributed by atoms with Crippen LogP contribution in [0.2, 0.25) is 0 Å². The molecule has 0 fully saturated rings. The van der Waals surface area contributed by atoms with Gasteiger partial charge in [0.15, 0.2) is 0 Å². The van der Waals surface area contributed by atoms with Gasteiger partial charge in [-0.15, -0.1) is 0 Å². The van der Waals surface area contributed by atoms with E-state index in [1.54, 1.807) is 7.11 Å². The van der Waals surface area contributed by atoms with Crippen molar-refractivity contribution in [2.24, 2.45) is 0 Å². The second-order valence-corrected chi connectivity index (χ2v) is 4.32. The van der Waals surface area contributed by atoms with Crippen molar-refractivity contribution in [1.82, 2.24) is 0 Å². The first-order chi connectivity index (χ1) is 8.29. The van der Waals surface area contributed by atoms with E-state index in [0.29, 0.717) is 0 Å². The Morgan fingerprint density at radius 3 is 2.18 bits per heavy atom. The topological polar surface area (TPSA) is 9.23 Å². The number of ether oxygens (including phenoxy) is 1. The van der Waals surface area contributed by atoms with Crippen LogP contribution in [0.5, 0.6) is 0 Å². The molecule has 1 unspecified atom stereocenters. The summed E-state index contributed by atoms with van der Waals surface area (Å²) in [7, 11) is 1.77. The first-order valence-corrected chi connectivity index (χ1v) is 5.93. The van der Waals surface area contributed by atoms with E-state index in [1.165, 1.54) is 16.7 Å². The van der Waals surface area contributed by atoms with Crippen molar-refractivity contribution in [2.45, 2.75) is 19.4 Å². The van der Waals surface area contributed by atoms with Gasteiger partial charge in [-0.2, -0.15) is 0 Å². The number of hydrogen-bond donors (Lipinski definition) is 0. The van der Waals surface area contributed by atoms with Gasteiger partial charge in [-0.25, -0.2) is 0 Å². The van der Waals surface area contributed by atoms with Gasteiger partial charge in [0, 0.05) is 13.5 Å². The molecule has 2 rings (SSSR count). The van der Waals surface area contributed by atoms with Crippen molar-refractivity contribution < 1.29 is 4.74 Å². The molecule has 2 aromatic carbocycles. The van der Waals surface area contributed by atoms with E-state index < -0.39 is 0 Å². The Bertz CT molecular complexity index is 445. The largest absolute Gasteiger partial charge is 0.376 e. The standard InChI is InChI=1S/C16H18O/c1-13-8-10-14(11-9-13)12-16(17-2)15-6-4-3-5-7-15/h3-11,16H,12H2,1-2H3. The summed E-state index contributed by atoms with van der Waals surface area (Å²) >= 11 is 0. The van der Waals surface area contributed by atoms with Crippen LogP contribution in [-0.2, 0) is 11.2 Å².